The average molecular weight is 319 g/mol. The van der Waals surface area contributed by atoms with E-state index < -0.39 is 6.10 Å². The van der Waals surface area contributed by atoms with E-state index in [2.05, 4.69) is 5.32 Å². The van der Waals surface area contributed by atoms with Crippen molar-refractivity contribution in [2.75, 3.05) is 0 Å². The van der Waals surface area contributed by atoms with E-state index in [-0.39, 0.29) is 18.5 Å². The van der Waals surface area contributed by atoms with Crippen molar-refractivity contribution in [3.05, 3.63) is 27.7 Å². The molecule has 1 aromatic carbocycles. The zero-order valence-electron chi connectivity index (χ0n) is 11.9. The first-order chi connectivity index (χ1) is 9.38. The molecule has 0 fully saturated rings. The Balaban J connectivity index is 2.85. The number of halogens is 2. The maximum Gasteiger partial charge on any atom is 0.260 e. The molecule has 0 heterocycles. The highest BCUT2D eigenvalue weighted by molar-refractivity contribution is 6.35. The zero-order valence-corrected chi connectivity index (χ0v) is 13.4. The minimum absolute atomic E-state index is 0.100. The molecule has 2 unspecified atom stereocenters. The van der Waals surface area contributed by atoms with Crippen molar-refractivity contribution in [1.29, 1.82) is 0 Å². The van der Waals surface area contributed by atoms with Crippen LogP contribution in [0.25, 0.3) is 0 Å². The Labute approximate surface area is 129 Å². The number of ether oxygens (including phenoxy) is 1. The Bertz CT molecular complexity index is 480. The molecule has 0 radical (unpaired) electrons. The number of hydrogen-bond acceptors (Lipinski definition) is 3. The second kappa shape index (κ2) is 7.72. The van der Waals surface area contributed by atoms with Gasteiger partial charge in [0.2, 0.25) is 0 Å². The average Bonchev–Trinajstić information content (AvgIpc) is 2.40. The van der Waals surface area contributed by atoms with Gasteiger partial charge in [-0.25, -0.2) is 0 Å². The van der Waals surface area contributed by atoms with Crippen molar-refractivity contribution in [3.8, 4) is 5.75 Å². The first kappa shape index (κ1) is 17.1. The normalized spacial score (nSPS) is 13.7. The molecule has 1 rings (SSSR count). The predicted molar refractivity (Wildman–Crippen MR) is 82.3 cm³/mol. The minimum Gasteiger partial charge on any atom is -0.479 e. The molecule has 0 spiro atoms. The zero-order chi connectivity index (χ0) is 15.3. The van der Waals surface area contributed by atoms with Gasteiger partial charge >= 0.3 is 0 Å². The molecule has 3 N–H and O–H groups in total. The second-order valence-electron chi connectivity index (χ2n) is 4.66. The highest BCUT2D eigenvalue weighted by Crippen LogP contribution is 2.33. The molecular formula is C14H20Cl2N2O2. The topological polar surface area (TPSA) is 64.3 Å². The lowest BCUT2D eigenvalue weighted by molar-refractivity contribution is -0.127. The van der Waals surface area contributed by atoms with E-state index in [4.69, 9.17) is 33.7 Å². The molecule has 4 nitrogen and oxygen atoms in total. The third kappa shape index (κ3) is 4.54. The van der Waals surface area contributed by atoms with Gasteiger partial charge in [-0.1, -0.05) is 30.1 Å². The first-order valence-corrected chi connectivity index (χ1v) is 7.29. The molecule has 0 aliphatic carbocycles. The summed E-state index contributed by atoms with van der Waals surface area (Å²) >= 11 is 12.0. The number of carbonyl (C=O) groups excluding carboxylic acids is 1. The number of carbonyl (C=O) groups is 1. The quantitative estimate of drug-likeness (QED) is 0.847. The third-order valence-electron chi connectivity index (χ3n) is 2.97. The molecular weight excluding hydrogens is 299 g/mol. The van der Waals surface area contributed by atoms with Crippen molar-refractivity contribution < 1.29 is 9.53 Å². The van der Waals surface area contributed by atoms with E-state index in [0.717, 1.165) is 6.42 Å². The number of amides is 1. The van der Waals surface area contributed by atoms with Gasteiger partial charge < -0.3 is 15.8 Å². The van der Waals surface area contributed by atoms with E-state index in [9.17, 15) is 4.79 Å². The highest BCUT2D eigenvalue weighted by Gasteiger charge is 2.19. The molecule has 112 valence electrons. The van der Waals surface area contributed by atoms with Crippen LogP contribution in [-0.4, -0.2) is 18.1 Å². The van der Waals surface area contributed by atoms with Crippen molar-refractivity contribution in [2.24, 2.45) is 5.73 Å². The maximum absolute atomic E-state index is 12.0. The predicted octanol–water partition coefficient (Wildman–Crippen LogP) is 3.13. The third-order valence-corrected chi connectivity index (χ3v) is 3.47. The molecule has 2 atom stereocenters. The molecule has 20 heavy (non-hydrogen) atoms. The van der Waals surface area contributed by atoms with Gasteiger partial charge in [0.15, 0.2) is 6.10 Å². The van der Waals surface area contributed by atoms with E-state index in [1.54, 1.807) is 19.1 Å². The fourth-order valence-electron chi connectivity index (χ4n) is 1.59. The number of nitrogens with one attached hydrogen (secondary N) is 1. The summed E-state index contributed by atoms with van der Waals surface area (Å²) < 4.78 is 5.65. The van der Waals surface area contributed by atoms with E-state index in [1.807, 2.05) is 13.8 Å². The standard InChI is InChI=1S/C14H20Cl2N2O2/c1-4-8(2)18-14(19)9(3)20-13-10(7-17)5-11(15)6-12(13)16/h5-6,8-9H,4,7,17H2,1-3H3,(H,18,19). The molecule has 0 aliphatic heterocycles. The van der Waals surface area contributed by atoms with E-state index >= 15 is 0 Å². The number of hydrogen-bond donors (Lipinski definition) is 2. The van der Waals surface area contributed by atoms with Gasteiger partial charge in [-0.3, -0.25) is 4.79 Å². The number of rotatable bonds is 6. The summed E-state index contributed by atoms with van der Waals surface area (Å²) in [5, 5.41) is 3.69. The van der Waals surface area contributed by atoms with Crippen LogP contribution in [-0.2, 0) is 11.3 Å². The number of nitrogens with two attached hydrogens (primary N) is 1. The van der Waals surface area contributed by atoms with Crippen molar-refractivity contribution in [2.45, 2.75) is 45.9 Å². The van der Waals surface area contributed by atoms with Gasteiger partial charge in [0.1, 0.15) is 5.75 Å². The summed E-state index contributed by atoms with van der Waals surface area (Å²) in [5.74, 6) is 0.221. The summed E-state index contributed by atoms with van der Waals surface area (Å²) in [7, 11) is 0. The van der Waals surface area contributed by atoms with E-state index in [0.29, 0.717) is 21.4 Å². The van der Waals surface area contributed by atoms with Crippen LogP contribution in [0, 0.1) is 0 Å². The smallest absolute Gasteiger partial charge is 0.260 e. The SMILES string of the molecule is CCC(C)NC(=O)C(C)Oc1c(Cl)cc(Cl)cc1CN. The van der Waals surface area contributed by atoms with Crippen LogP contribution in [0.15, 0.2) is 12.1 Å². The molecule has 0 saturated heterocycles. The van der Waals surface area contributed by atoms with Gasteiger partial charge in [0, 0.05) is 23.2 Å². The Hall–Kier alpha value is -0.970. The van der Waals surface area contributed by atoms with Gasteiger partial charge in [-0.2, -0.15) is 0 Å². The molecule has 0 bridgehead atoms. The van der Waals surface area contributed by atoms with Gasteiger partial charge in [0.05, 0.1) is 5.02 Å². The van der Waals surface area contributed by atoms with Crippen LogP contribution in [0.2, 0.25) is 10.0 Å². The van der Waals surface area contributed by atoms with Crippen molar-refractivity contribution in [3.63, 3.8) is 0 Å². The molecule has 0 saturated carbocycles. The molecule has 0 aromatic heterocycles. The maximum atomic E-state index is 12.0. The Morgan fingerprint density at radius 3 is 2.60 bits per heavy atom. The lowest BCUT2D eigenvalue weighted by atomic mass is 10.2. The number of benzene rings is 1. The largest absolute Gasteiger partial charge is 0.479 e. The van der Waals surface area contributed by atoms with Gasteiger partial charge in [-0.15, -0.1) is 0 Å². The summed E-state index contributed by atoms with van der Waals surface area (Å²) in [6.45, 7) is 5.84. The Morgan fingerprint density at radius 2 is 2.05 bits per heavy atom. The Morgan fingerprint density at radius 1 is 1.40 bits per heavy atom. The van der Waals surface area contributed by atoms with Crippen LogP contribution < -0.4 is 15.8 Å². The Kier molecular flexibility index (Phi) is 6.59. The summed E-state index contributed by atoms with van der Waals surface area (Å²) in [5.41, 5.74) is 6.32. The minimum atomic E-state index is -0.659. The fourth-order valence-corrected chi connectivity index (χ4v) is 2.17. The summed E-state index contributed by atoms with van der Waals surface area (Å²) in [6, 6.07) is 3.35. The van der Waals surface area contributed by atoms with Crippen molar-refractivity contribution >= 4 is 29.1 Å². The van der Waals surface area contributed by atoms with Gasteiger partial charge in [0.25, 0.3) is 5.91 Å². The lowest BCUT2D eigenvalue weighted by Crippen LogP contribution is -2.41. The summed E-state index contributed by atoms with van der Waals surface area (Å²) in [6.07, 6.45) is 0.196. The van der Waals surface area contributed by atoms with Crippen molar-refractivity contribution in [1.82, 2.24) is 5.32 Å². The summed E-state index contributed by atoms with van der Waals surface area (Å²) in [4.78, 5) is 12.0. The van der Waals surface area contributed by atoms with Crippen LogP contribution in [0.1, 0.15) is 32.8 Å². The van der Waals surface area contributed by atoms with Crippen LogP contribution in [0.5, 0.6) is 5.75 Å². The molecule has 1 amide bonds. The van der Waals surface area contributed by atoms with Gasteiger partial charge in [-0.05, 0) is 32.4 Å². The molecule has 0 aliphatic rings. The second-order valence-corrected chi connectivity index (χ2v) is 5.50. The van der Waals surface area contributed by atoms with Crippen LogP contribution in [0.4, 0.5) is 0 Å². The van der Waals surface area contributed by atoms with E-state index in [1.165, 1.54) is 0 Å². The first-order valence-electron chi connectivity index (χ1n) is 6.54. The van der Waals surface area contributed by atoms with Crippen LogP contribution >= 0.6 is 23.2 Å². The monoisotopic (exact) mass is 318 g/mol. The highest BCUT2D eigenvalue weighted by atomic mass is 35.5. The molecule has 1 aromatic rings. The fraction of sp³-hybridized carbons (Fsp3) is 0.500. The van der Waals surface area contributed by atoms with Crippen LogP contribution in [0.3, 0.4) is 0 Å². The molecule has 6 heteroatoms. The lowest BCUT2D eigenvalue weighted by Gasteiger charge is -2.20.